The fraction of sp³-hybridized carbons (Fsp3) is 0.476. The Morgan fingerprint density at radius 1 is 1.14 bits per heavy atom. The number of fused-ring (bicyclic) bond motifs is 1. The zero-order valence-electron chi connectivity index (χ0n) is 18.3. The molecule has 1 unspecified atom stereocenters. The quantitative estimate of drug-likeness (QED) is 0.595. The summed E-state index contributed by atoms with van der Waals surface area (Å²) in [4.78, 5) is 29.3. The minimum absolute atomic E-state index is 0.0324. The van der Waals surface area contributed by atoms with Crippen LogP contribution >= 0.6 is 0 Å². The molecule has 1 fully saturated rings. The summed E-state index contributed by atoms with van der Waals surface area (Å²) in [5, 5.41) is 3.52. The van der Waals surface area contributed by atoms with E-state index in [-0.39, 0.29) is 17.6 Å². The normalized spacial score (nSPS) is 14.2. The number of H-pyrrole nitrogens is 1. The van der Waals surface area contributed by atoms with Crippen molar-refractivity contribution in [2.45, 2.75) is 39.7 Å². The molecule has 0 amide bonds. The van der Waals surface area contributed by atoms with Crippen LogP contribution in [0.15, 0.2) is 30.1 Å². The number of carbonyl (C=O) groups is 1. The highest BCUT2D eigenvalue weighted by Gasteiger charge is 2.21. The topological polar surface area (TPSA) is 103 Å². The van der Waals surface area contributed by atoms with E-state index in [2.05, 4.69) is 33.2 Å². The number of aromatic nitrogens is 2. The van der Waals surface area contributed by atoms with Crippen molar-refractivity contribution in [3.05, 3.63) is 41.5 Å². The summed E-state index contributed by atoms with van der Waals surface area (Å²) < 4.78 is 14.8. The molecular formula is C21H33N3O5. The number of carbonyl (C=O) groups excluding carboxylic acids is 1. The predicted octanol–water partition coefficient (Wildman–Crippen LogP) is 2.99. The van der Waals surface area contributed by atoms with Crippen LogP contribution in [0.5, 0.6) is 11.5 Å². The molecule has 162 valence electrons. The molecule has 1 aromatic heterocycles. The molecule has 0 saturated carbocycles. The number of methoxy groups -OCH3 is 3. The van der Waals surface area contributed by atoms with Gasteiger partial charge < -0.3 is 24.5 Å². The van der Waals surface area contributed by atoms with E-state index < -0.39 is 0 Å². The van der Waals surface area contributed by atoms with E-state index in [9.17, 15) is 9.59 Å². The molecule has 0 bridgehead atoms. The molecule has 1 atom stereocenters. The molecule has 2 heterocycles. The lowest BCUT2D eigenvalue weighted by Crippen LogP contribution is -2.31. The van der Waals surface area contributed by atoms with Gasteiger partial charge in [0, 0.05) is 6.07 Å². The van der Waals surface area contributed by atoms with Gasteiger partial charge in [0.05, 0.1) is 32.2 Å². The van der Waals surface area contributed by atoms with Crippen LogP contribution in [0.2, 0.25) is 0 Å². The maximum Gasteiger partial charge on any atom is 0.322 e. The Morgan fingerprint density at radius 3 is 2.21 bits per heavy atom. The highest BCUT2D eigenvalue weighted by atomic mass is 16.5. The van der Waals surface area contributed by atoms with Gasteiger partial charge in [0.25, 0.3) is 5.56 Å². The summed E-state index contributed by atoms with van der Waals surface area (Å²) in [6, 6.07) is 3.28. The number of hydrogen-bond acceptors (Lipinski definition) is 7. The van der Waals surface area contributed by atoms with E-state index in [1.807, 2.05) is 13.8 Å². The highest BCUT2D eigenvalue weighted by Crippen LogP contribution is 2.29. The van der Waals surface area contributed by atoms with Gasteiger partial charge in [-0.1, -0.05) is 13.8 Å². The molecule has 29 heavy (non-hydrogen) atoms. The number of rotatable bonds is 3. The minimum Gasteiger partial charge on any atom is -0.493 e. The Labute approximate surface area is 172 Å². The smallest absolute Gasteiger partial charge is 0.322 e. The molecule has 0 aliphatic carbocycles. The van der Waals surface area contributed by atoms with Crippen LogP contribution in [0.25, 0.3) is 10.9 Å². The average Bonchev–Trinajstić information content (AvgIpc) is 3.30. The predicted molar refractivity (Wildman–Crippen MR) is 116 cm³/mol. The Kier molecular flexibility index (Phi) is 12.8. The fourth-order valence-corrected chi connectivity index (χ4v) is 2.61. The van der Waals surface area contributed by atoms with Gasteiger partial charge in [-0.3, -0.25) is 9.59 Å². The van der Waals surface area contributed by atoms with E-state index in [1.54, 1.807) is 26.2 Å². The molecule has 1 aromatic carbocycles. The second kappa shape index (κ2) is 14.2. The Balaban J connectivity index is 0.000000513. The van der Waals surface area contributed by atoms with Gasteiger partial charge >= 0.3 is 5.97 Å². The van der Waals surface area contributed by atoms with Crippen molar-refractivity contribution in [2.24, 2.45) is 0 Å². The lowest BCUT2D eigenvalue weighted by molar-refractivity contribution is -0.142. The number of esters is 1. The van der Waals surface area contributed by atoms with Crippen molar-refractivity contribution in [1.29, 1.82) is 0 Å². The largest absolute Gasteiger partial charge is 0.493 e. The Hall–Kier alpha value is -2.87. The molecular weight excluding hydrogens is 374 g/mol. The second-order valence-electron chi connectivity index (χ2n) is 5.55. The first-order chi connectivity index (χ1) is 14.0. The van der Waals surface area contributed by atoms with Crippen molar-refractivity contribution in [2.75, 3.05) is 27.9 Å². The molecule has 0 spiro atoms. The molecule has 1 saturated heterocycles. The van der Waals surface area contributed by atoms with Crippen molar-refractivity contribution < 1.29 is 19.0 Å². The number of benzene rings is 1. The van der Waals surface area contributed by atoms with Crippen LogP contribution in [-0.2, 0) is 9.53 Å². The number of aryl methyl sites for hydroxylation is 1. The second-order valence-corrected chi connectivity index (χ2v) is 5.55. The SMILES string of the molecule is C=C.CC.COC(=O)C1CCCN1.COc1cc2nc(C)[nH]c(=O)c2cc1OC. The lowest BCUT2D eigenvalue weighted by Gasteiger charge is -2.08. The number of ether oxygens (including phenoxy) is 3. The standard InChI is InChI=1S/C11H12N2O3.C6H11NO2.C2H6.C2H4/c1-6-12-8-5-10(16-3)9(15-2)4-7(8)11(14)13-6;1-9-6(8)5-3-2-4-7-5;2*1-2/h4-5H,1-3H3,(H,12,13,14);5,7H,2-4H2,1H3;1-2H3;1-2H2. The third-order valence-electron chi connectivity index (χ3n) is 3.88. The fourth-order valence-electron chi connectivity index (χ4n) is 2.61. The molecule has 3 rings (SSSR count). The number of nitrogens with zero attached hydrogens (tertiary/aromatic N) is 1. The van der Waals surface area contributed by atoms with Gasteiger partial charge in [-0.25, -0.2) is 4.98 Å². The molecule has 1 aliphatic heterocycles. The van der Waals surface area contributed by atoms with E-state index >= 15 is 0 Å². The van der Waals surface area contributed by atoms with Crippen molar-refractivity contribution in [1.82, 2.24) is 15.3 Å². The van der Waals surface area contributed by atoms with Crippen LogP contribution in [0.3, 0.4) is 0 Å². The van der Waals surface area contributed by atoms with E-state index in [4.69, 9.17) is 9.47 Å². The molecule has 0 radical (unpaired) electrons. The zero-order valence-corrected chi connectivity index (χ0v) is 18.3. The summed E-state index contributed by atoms with van der Waals surface area (Å²) >= 11 is 0. The number of aromatic amines is 1. The van der Waals surface area contributed by atoms with Crippen LogP contribution in [0.4, 0.5) is 0 Å². The summed E-state index contributed by atoms with van der Waals surface area (Å²) in [6.45, 7) is 12.7. The van der Waals surface area contributed by atoms with Gasteiger partial charge in [-0.05, 0) is 32.4 Å². The summed E-state index contributed by atoms with van der Waals surface area (Å²) in [5.74, 6) is 1.52. The zero-order chi connectivity index (χ0) is 22.4. The first kappa shape index (κ1) is 26.1. The summed E-state index contributed by atoms with van der Waals surface area (Å²) in [6.07, 6.45) is 2.01. The van der Waals surface area contributed by atoms with Crippen molar-refractivity contribution in [3.63, 3.8) is 0 Å². The lowest BCUT2D eigenvalue weighted by atomic mass is 10.2. The van der Waals surface area contributed by atoms with Gasteiger partial charge in [0.1, 0.15) is 11.9 Å². The number of nitrogens with one attached hydrogen (secondary N) is 2. The maximum atomic E-state index is 11.7. The van der Waals surface area contributed by atoms with Crippen LogP contribution in [0, 0.1) is 6.92 Å². The van der Waals surface area contributed by atoms with Crippen LogP contribution in [0.1, 0.15) is 32.5 Å². The third-order valence-corrected chi connectivity index (χ3v) is 3.88. The molecule has 1 aliphatic rings. The first-order valence-electron chi connectivity index (χ1n) is 9.44. The van der Waals surface area contributed by atoms with Crippen molar-refractivity contribution in [3.8, 4) is 11.5 Å². The monoisotopic (exact) mass is 407 g/mol. The highest BCUT2D eigenvalue weighted by molar-refractivity contribution is 5.81. The van der Waals surface area contributed by atoms with Gasteiger partial charge in [0.2, 0.25) is 0 Å². The molecule has 8 nitrogen and oxygen atoms in total. The molecule has 2 aromatic rings. The maximum absolute atomic E-state index is 11.7. The van der Waals surface area contributed by atoms with E-state index in [0.29, 0.717) is 28.2 Å². The van der Waals surface area contributed by atoms with E-state index in [1.165, 1.54) is 14.2 Å². The molecule has 2 N–H and O–H groups in total. The Bertz CT molecular complexity index is 814. The average molecular weight is 408 g/mol. The third kappa shape index (κ3) is 7.57. The summed E-state index contributed by atoms with van der Waals surface area (Å²) in [7, 11) is 4.49. The van der Waals surface area contributed by atoms with E-state index in [0.717, 1.165) is 19.4 Å². The first-order valence-corrected chi connectivity index (χ1v) is 9.44. The van der Waals surface area contributed by atoms with Gasteiger partial charge in [-0.15, -0.1) is 13.2 Å². The van der Waals surface area contributed by atoms with Gasteiger partial charge in [-0.2, -0.15) is 0 Å². The number of hydrogen-bond donors (Lipinski definition) is 2. The summed E-state index contributed by atoms with van der Waals surface area (Å²) in [5.41, 5.74) is 0.419. The van der Waals surface area contributed by atoms with Crippen LogP contribution in [-0.4, -0.2) is 49.9 Å². The van der Waals surface area contributed by atoms with Crippen LogP contribution < -0.4 is 20.3 Å². The molecule has 8 heteroatoms. The Morgan fingerprint density at radius 2 is 1.72 bits per heavy atom. The van der Waals surface area contributed by atoms with Gasteiger partial charge in [0.15, 0.2) is 11.5 Å². The van der Waals surface area contributed by atoms with Crippen molar-refractivity contribution >= 4 is 16.9 Å². The minimum atomic E-state index is -0.177.